The molecule has 26 heavy (non-hydrogen) atoms. The first-order valence-electron chi connectivity index (χ1n) is 9.51. The van der Waals surface area contributed by atoms with Gasteiger partial charge in [-0.25, -0.2) is 5.01 Å². The van der Waals surface area contributed by atoms with Crippen molar-refractivity contribution in [3.8, 4) is 0 Å². The largest absolute Gasteiger partial charge is 0.381 e. The Morgan fingerprint density at radius 2 is 2.00 bits per heavy atom. The molecule has 6 nitrogen and oxygen atoms in total. The number of carbonyl (C=O) groups is 2. The van der Waals surface area contributed by atoms with E-state index >= 15 is 0 Å². The van der Waals surface area contributed by atoms with E-state index in [1.54, 1.807) is 0 Å². The smallest absolute Gasteiger partial charge is 0.270 e. The average molecular weight is 355 g/mol. The first-order chi connectivity index (χ1) is 12.7. The van der Waals surface area contributed by atoms with Crippen molar-refractivity contribution >= 4 is 17.5 Å². The lowest BCUT2D eigenvalue weighted by Crippen LogP contribution is -2.44. The lowest BCUT2D eigenvalue weighted by atomic mass is 10.1. The first kappa shape index (κ1) is 17.2. The van der Waals surface area contributed by atoms with Crippen LogP contribution in [-0.2, 0) is 20.9 Å². The number of rotatable bonds is 6. The standard InChI is InChI=1S/C20H25N3O3/c24-19-9-8-18(21-23(19)13-15-4-2-1-3-5-15)20(25)22(17-6-7-17)12-16-10-11-26-14-16/h1-5,16-17H,6-14H2. The number of ether oxygens (including phenoxy) is 1. The quantitative estimate of drug-likeness (QED) is 0.786. The van der Waals surface area contributed by atoms with Gasteiger partial charge in [-0.2, -0.15) is 5.10 Å². The number of nitrogens with zero attached hydrogens (tertiary/aromatic N) is 3. The van der Waals surface area contributed by atoms with E-state index in [2.05, 4.69) is 5.10 Å². The van der Waals surface area contributed by atoms with E-state index in [1.807, 2.05) is 35.2 Å². The molecule has 2 amide bonds. The summed E-state index contributed by atoms with van der Waals surface area (Å²) in [6.07, 6.45) is 3.94. The molecule has 0 spiro atoms. The van der Waals surface area contributed by atoms with E-state index in [9.17, 15) is 9.59 Å². The summed E-state index contributed by atoms with van der Waals surface area (Å²) in [6, 6.07) is 10.1. The Morgan fingerprint density at radius 3 is 2.69 bits per heavy atom. The fraction of sp³-hybridized carbons (Fsp3) is 0.550. The maximum atomic E-state index is 13.1. The van der Waals surface area contributed by atoms with Gasteiger partial charge in [0, 0.05) is 38.0 Å². The van der Waals surface area contributed by atoms with E-state index < -0.39 is 0 Å². The number of amides is 2. The van der Waals surface area contributed by atoms with Gasteiger partial charge in [0.2, 0.25) is 5.91 Å². The molecule has 0 radical (unpaired) electrons. The van der Waals surface area contributed by atoms with E-state index in [4.69, 9.17) is 4.74 Å². The normalized spacial score (nSPS) is 23.1. The number of carbonyl (C=O) groups excluding carboxylic acids is 2. The summed E-state index contributed by atoms with van der Waals surface area (Å²) < 4.78 is 5.46. The van der Waals surface area contributed by atoms with E-state index in [1.165, 1.54) is 5.01 Å². The third-order valence-corrected chi connectivity index (χ3v) is 5.25. The minimum Gasteiger partial charge on any atom is -0.381 e. The highest BCUT2D eigenvalue weighted by atomic mass is 16.5. The monoisotopic (exact) mass is 355 g/mol. The molecule has 1 saturated heterocycles. The molecule has 1 unspecified atom stereocenters. The average Bonchev–Trinajstić information content (AvgIpc) is 3.37. The Hall–Kier alpha value is -2.21. The minimum absolute atomic E-state index is 0.00459. The van der Waals surface area contributed by atoms with Gasteiger partial charge in [0.1, 0.15) is 5.71 Å². The van der Waals surface area contributed by atoms with Crippen LogP contribution in [-0.4, -0.2) is 53.2 Å². The molecule has 4 rings (SSSR count). The predicted octanol–water partition coefficient (Wildman–Crippen LogP) is 2.19. The number of hydrogen-bond acceptors (Lipinski definition) is 4. The lowest BCUT2D eigenvalue weighted by Gasteiger charge is -2.29. The molecule has 0 N–H and O–H groups in total. The number of benzene rings is 1. The highest BCUT2D eigenvalue weighted by Crippen LogP contribution is 2.30. The van der Waals surface area contributed by atoms with Crippen molar-refractivity contribution in [1.29, 1.82) is 0 Å². The van der Waals surface area contributed by atoms with Gasteiger partial charge in [0.05, 0.1) is 13.2 Å². The highest BCUT2D eigenvalue weighted by Gasteiger charge is 2.37. The van der Waals surface area contributed by atoms with Gasteiger partial charge < -0.3 is 9.64 Å². The molecular weight excluding hydrogens is 330 g/mol. The second kappa shape index (κ2) is 7.58. The molecule has 1 aliphatic carbocycles. The molecule has 1 aromatic carbocycles. The van der Waals surface area contributed by atoms with Gasteiger partial charge in [-0.05, 0) is 24.8 Å². The van der Waals surface area contributed by atoms with Crippen LogP contribution in [0.4, 0.5) is 0 Å². The topological polar surface area (TPSA) is 62.2 Å². The Balaban J connectivity index is 1.48. The van der Waals surface area contributed by atoms with E-state index in [0.29, 0.717) is 37.1 Å². The Kier molecular flexibility index (Phi) is 5.02. The van der Waals surface area contributed by atoms with Crippen molar-refractivity contribution < 1.29 is 14.3 Å². The van der Waals surface area contributed by atoms with Gasteiger partial charge in [-0.15, -0.1) is 0 Å². The van der Waals surface area contributed by atoms with Crippen LogP contribution in [0.15, 0.2) is 35.4 Å². The fourth-order valence-corrected chi connectivity index (χ4v) is 3.59. The summed E-state index contributed by atoms with van der Waals surface area (Å²) in [5.41, 5.74) is 1.53. The van der Waals surface area contributed by atoms with Gasteiger partial charge in [0.15, 0.2) is 0 Å². The number of hydrogen-bond donors (Lipinski definition) is 0. The van der Waals surface area contributed by atoms with Crippen LogP contribution in [0.1, 0.15) is 37.7 Å². The van der Waals surface area contributed by atoms with E-state index in [-0.39, 0.29) is 11.8 Å². The Labute approximate surface area is 153 Å². The highest BCUT2D eigenvalue weighted by molar-refractivity contribution is 6.39. The van der Waals surface area contributed by atoms with Gasteiger partial charge in [0.25, 0.3) is 5.91 Å². The van der Waals surface area contributed by atoms with Crippen molar-refractivity contribution in [2.45, 2.75) is 44.7 Å². The molecule has 2 fully saturated rings. The van der Waals surface area contributed by atoms with Gasteiger partial charge >= 0.3 is 0 Å². The van der Waals surface area contributed by atoms with Crippen LogP contribution in [0, 0.1) is 5.92 Å². The molecule has 1 aromatic rings. The first-order valence-corrected chi connectivity index (χ1v) is 9.51. The molecule has 1 saturated carbocycles. The zero-order valence-electron chi connectivity index (χ0n) is 15.0. The van der Waals surface area contributed by atoms with Gasteiger partial charge in [-0.3, -0.25) is 9.59 Å². The Bertz CT molecular complexity index is 694. The number of hydrazone groups is 1. The summed E-state index contributed by atoms with van der Waals surface area (Å²) >= 11 is 0. The van der Waals surface area contributed by atoms with Crippen molar-refractivity contribution in [2.75, 3.05) is 19.8 Å². The van der Waals surface area contributed by atoms with E-state index in [0.717, 1.165) is 44.6 Å². The van der Waals surface area contributed by atoms with Crippen LogP contribution in [0.2, 0.25) is 0 Å². The third-order valence-electron chi connectivity index (χ3n) is 5.25. The zero-order valence-corrected chi connectivity index (χ0v) is 15.0. The van der Waals surface area contributed by atoms with Crippen LogP contribution < -0.4 is 0 Å². The van der Waals surface area contributed by atoms with Crippen molar-refractivity contribution in [3.63, 3.8) is 0 Å². The minimum atomic E-state index is -0.0208. The lowest BCUT2D eigenvalue weighted by molar-refractivity contribution is -0.132. The molecule has 0 bridgehead atoms. The summed E-state index contributed by atoms with van der Waals surface area (Å²) in [6.45, 7) is 2.69. The van der Waals surface area contributed by atoms with Crippen molar-refractivity contribution in [1.82, 2.24) is 9.91 Å². The van der Waals surface area contributed by atoms with Crippen molar-refractivity contribution in [3.05, 3.63) is 35.9 Å². The van der Waals surface area contributed by atoms with Crippen molar-refractivity contribution in [2.24, 2.45) is 11.0 Å². The molecule has 0 aromatic heterocycles. The molecule has 6 heteroatoms. The second-order valence-electron chi connectivity index (χ2n) is 7.40. The molecule has 3 aliphatic rings. The summed E-state index contributed by atoms with van der Waals surface area (Å²) in [5, 5.41) is 5.90. The predicted molar refractivity (Wildman–Crippen MR) is 97.3 cm³/mol. The summed E-state index contributed by atoms with van der Waals surface area (Å²) in [7, 11) is 0. The summed E-state index contributed by atoms with van der Waals surface area (Å²) in [4.78, 5) is 27.3. The third kappa shape index (κ3) is 3.96. The molecule has 1 atom stereocenters. The van der Waals surface area contributed by atoms with Crippen LogP contribution in [0.3, 0.4) is 0 Å². The second-order valence-corrected chi connectivity index (χ2v) is 7.40. The summed E-state index contributed by atoms with van der Waals surface area (Å²) in [5.74, 6) is 0.406. The van der Waals surface area contributed by atoms with Gasteiger partial charge in [-0.1, -0.05) is 30.3 Å². The molecule has 138 valence electrons. The fourth-order valence-electron chi connectivity index (χ4n) is 3.59. The maximum Gasteiger partial charge on any atom is 0.270 e. The van der Waals surface area contributed by atoms with Crippen LogP contribution in [0.25, 0.3) is 0 Å². The molecular formula is C20H25N3O3. The van der Waals surface area contributed by atoms with Crippen LogP contribution in [0.5, 0.6) is 0 Å². The maximum absolute atomic E-state index is 13.1. The zero-order chi connectivity index (χ0) is 17.9. The Morgan fingerprint density at radius 1 is 1.19 bits per heavy atom. The van der Waals surface area contributed by atoms with Crippen LogP contribution >= 0.6 is 0 Å². The SMILES string of the molecule is O=C1CCC(C(=O)N(CC2CCOC2)C2CC2)=NN1Cc1ccccc1. The molecule has 2 aliphatic heterocycles. The molecule has 2 heterocycles.